The minimum absolute atomic E-state index is 0.297. The molecule has 16 heavy (non-hydrogen) atoms. The smallest absolute Gasteiger partial charge is 0.358 e. The molecule has 0 bridgehead atoms. The molecule has 1 heterocycles. The summed E-state index contributed by atoms with van der Waals surface area (Å²) >= 11 is 0. The summed E-state index contributed by atoms with van der Waals surface area (Å²) in [5.41, 5.74) is -0.837. The summed E-state index contributed by atoms with van der Waals surface area (Å²) in [4.78, 5) is 21.5. The van der Waals surface area contributed by atoms with Crippen LogP contribution < -0.4 is 5.32 Å². The quantitative estimate of drug-likeness (QED) is 0.735. The summed E-state index contributed by atoms with van der Waals surface area (Å²) in [7, 11) is 1.36. The number of likely N-dealkylation sites (N-methyl/N-ethyl adjacent to an activating group) is 1. The van der Waals surface area contributed by atoms with Crippen LogP contribution in [0.15, 0.2) is 6.20 Å². The lowest BCUT2D eigenvalue weighted by atomic mass is 10.3. The van der Waals surface area contributed by atoms with Crippen LogP contribution >= 0.6 is 0 Å². The van der Waals surface area contributed by atoms with E-state index in [-0.39, 0.29) is 6.54 Å². The van der Waals surface area contributed by atoms with Crippen LogP contribution in [0.3, 0.4) is 0 Å². The second-order valence-electron chi connectivity index (χ2n) is 2.80. The number of alkyl halides is 3. The Morgan fingerprint density at radius 2 is 2.12 bits per heavy atom. The molecule has 0 radical (unpaired) electrons. The van der Waals surface area contributed by atoms with Crippen LogP contribution in [0.2, 0.25) is 0 Å². The number of rotatable bonds is 3. The van der Waals surface area contributed by atoms with Crippen LogP contribution in [0.5, 0.6) is 0 Å². The van der Waals surface area contributed by atoms with E-state index in [9.17, 15) is 22.8 Å². The number of carbonyl (C=O) groups excluding carboxylic acids is 2. The average molecular weight is 236 g/mol. The SMILES string of the molecule is CNC(=O)Cn1cc(C(=O)C(F)(F)F)nn1. The zero-order valence-corrected chi connectivity index (χ0v) is 8.08. The molecule has 0 saturated carbocycles. The highest BCUT2D eigenvalue weighted by Crippen LogP contribution is 2.19. The average Bonchev–Trinajstić information content (AvgIpc) is 2.63. The number of ketones is 1. The summed E-state index contributed by atoms with van der Waals surface area (Å²) in [6.07, 6.45) is -4.22. The molecule has 0 aromatic carbocycles. The molecule has 1 aromatic heterocycles. The van der Waals surface area contributed by atoms with E-state index in [4.69, 9.17) is 0 Å². The van der Waals surface area contributed by atoms with E-state index in [1.807, 2.05) is 0 Å². The molecule has 1 rings (SSSR count). The summed E-state index contributed by atoms with van der Waals surface area (Å²) in [5, 5.41) is 8.50. The Bertz CT molecular complexity index is 412. The van der Waals surface area contributed by atoms with Gasteiger partial charge in [-0.2, -0.15) is 13.2 Å². The Morgan fingerprint density at radius 3 is 2.62 bits per heavy atom. The maximum Gasteiger partial charge on any atom is 0.456 e. The Morgan fingerprint density at radius 1 is 1.50 bits per heavy atom. The lowest BCUT2D eigenvalue weighted by Gasteiger charge is -2.00. The molecule has 6 nitrogen and oxygen atoms in total. The largest absolute Gasteiger partial charge is 0.456 e. The first kappa shape index (κ1) is 12.1. The number of hydrogen-bond donors (Lipinski definition) is 1. The van der Waals surface area contributed by atoms with Crippen LogP contribution in [-0.4, -0.2) is 39.9 Å². The fourth-order valence-corrected chi connectivity index (χ4v) is 0.851. The first-order valence-corrected chi connectivity index (χ1v) is 4.07. The molecule has 0 aliphatic heterocycles. The number of carbonyl (C=O) groups is 2. The van der Waals surface area contributed by atoms with Gasteiger partial charge in [0.05, 0.1) is 6.20 Å². The number of Topliss-reactive ketones (excluding diaryl/α,β-unsaturated/α-hetero) is 1. The maximum absolute atomic E-state index is 12.0. The summed E-state index contributed by atoms with van der Waals surface area (Å²) in [6.45, 7) is -0.297. The summed E-state index contributed by atoms with van der Waals surface area (Å²) in [6, 6.07) is 0. The monoisotopic (exact) mass is 236 g/mol. The number of hydrogen-bond acceptors (Lipinski definition) is 4. The fourth-order valence-electron chi connectivity index (χ4n) is 0.851. The van der Waals surface area contributed by atoms with Crippen molar-refractivity contribution in [1.29, 1.82) is 0 Å². The van der Waals surface area contributed by atoms with Gasteiger partial charge in [-0.05, 0) is 0 Å². The fraction of sp³-hybridized carbons (Fsp3) is 0.429. The predicted octanol–water partition coefficient (Wildman–Crippen LogP) is -0.231. The van der Waals surface area contributed by atoms with Gasteiger partial charge >= 0.3 is 6.18 Å². The van der Waals surface area contributed by atoms with E-state index in [2.05, 4.69) is 15.6 Å². The lowest BCUT2D eigenvalue weighted by molar-refractivity contribution is -0.121. The molecule has 0 saturated heterocycles. The predicted molar refractivity (Wildman–Crippen MR) is 44.5 cm³/mol. The van der Waals surface area contributed by atoms with Crippen LogP contribution in [0.1, 0.15) is 10.5 Å². The second-order valence-corrected chi connectivity index (χ2v) is 2.80. The Hall–Kier alpha value is -1.93. The molecule has 0 spiro atoms. The van der Waals surface area contributed by atoms with Gasteiger partial charge in [0.1, 0.15) is 6.54 Å². The zero-order valence-electron chi connectivity index (χ0n) is 8.08. The first-order valence-electron chi connectivity index (χ1n) is 4.07. The molecule has 1 aromatic rings. The van der Waals surface area contributed by atoms with Crippen LogP contribution in [0.4, 0.5) is 13.2 Å². The van der Waals surface area contributed by atoms with Crippen LogP contribution in [0, 0.1) is 0 Å². The number of nitrogens with zero attached hydrogens (tertiary/aromatic N) is 3. The zero-order chi connectivity index (χ0) is 12.3. The van der Waals surface area contributed by atoms with Gasteiger partial charge in [-0.1, -0.05) is 5.21 Å². The van der Waals surface area contributed by atoms with Crippen LogP contribution in [0.25, 0.3) is 0 Å². The molecule has 88 valence electrons. The lowest BCUT2D eigenvalue weighted by Crippen LogP contribution is -2.24. The van der Waals surface area contributed by atoms with E-state index < -0.39 is 23.6 Å². The molecule has 0 fully saturated rings. The number of nitrogens with one attached hydrogen (secondary N) is 1. The minimum atomic E-state index is -4.99. The molecule has 0 atom stereocenters. The normalized spacial score (nSPS) is 11.2. The first-order chi connectivity index (χ1) is 7.34. The van der Waals surface area contributed by atoms with Gasteiger partial charge in [0, 0.05) is 7.05 Å². The van der Waals surface area contributed by atoms with Crippen molar-refractivity contribution in [1.82, 2.24) is 20.3 Å². The van der Waals surface area contributed by atoms with Crippen LogP contribution in [-0.2, 0) is 11.3 Å². The Labute approximate surface area is 87.4 Å². The van der Waals surface area contributed by atoms with Gasteiger partial charge in [-0.3, -0.25) is 9.59 Å². The number of amides is 1. The van der Waals surface area contributed by atoms with E-state index in [1.165, 1.54) is 7.05 Å². The van der Waals surface area contributed by atoms with Gasteiger partial charge in [-0.25, -0.2) is 4.68 Å². The maximum atomic E-state index is 12.0. The van der Waals surface area contributed by atoms with Gasteiger partial charge in [0.15, 0.2) is 5.69 Å². The molecule has 0 aliphatic rings. The molecular weight excluding hydrogens is 229 g/mol. The van der Waals surface area contributed by atoms with E-state index in [0.717, 1.165) is 10.9 Å². The minimum Gasteiger partial charge on any atom is -0.358 e. The molecule has 1 amide bonds. The van der Waals surface area contributed by atoms with Crippen molar-refractivity contribution in [2.45, 2.75) is 12.7 Å². The summed E-state index contributed by atoms with van der Waals surface area (Å²) in [5.74, 6) is -2.55. The molecule has 0 aliphatic carbocycles. The third-order valence-corrected chi connectivity index (χ3v) is 1.61. The van der Waals surface area contributed by atoms with Crippen molar-refractivity contribution in [3.8, 4) is 0 Å². The standard InChI is InChI=1S/C7H7F3N4O2/c1-11-5(15)3-14-2-4(12-13-14)6(16)7(8,9)10/h2H,3H2,1H3,(H,11,15). The molecular formula is C7H7F3N4O2. The van der Waals surface area contributed by atoms with Crippen molar-refractivity contribution in [3.63, 3.8) is 0 Å². The highest BCUT2D eigenvalue weighted by Gasteiger charge is 2.41. The van der Waals surface area contributed by atoms with Crippen molar-refractivity contribution >= 4 is 11.7 Å². The van der Waals surface area contributed by atoms with E-state index in [0.29, 0.717) is 0 Å². The van der Waals surface area contributed by atoms with E-state index >= 15 is 0 Å². The summed E-state index contributed by atoms with van der Waals surface area (Å²) < 4.78 is 36.7. The highest BCUT2D eigenvalue weighted by molar-refractivity contribution is 5.98. The van der Waals surface area contributed by atoms with E-state index in [1.54, 1.807) is 0 Å². The Kier molecular flexibility index (Phi) is 3.25. The highest BCUT2D eigenvalue weighted by atomic mass is 19.4. The van der Waals surface area contributed by atoms with Crippen molar-refractivity contribution in [3.05, 3.63) is 11.9 Å². The molecule has 0 unspecified atom stereocenters. The van der Waals surface area contributed by atoms with Crippen molar-refractivity contribution < 1.29 is 22.8 Å². The third kappa shape index (κ3) is 2.78. The van der Waals surface area contributed by atoms with Gasteiger partial charge < -0.3 is 5.32 Å². The molecule has 9 heteroatoms. The van der Waals surface area contributed by atoms with Crippen molar-refractivity contribution in [2.24, 2.45) is 0 Å². The number of aromatic nitrogens is 3. The third-order valence-electron chi connectivity index (χ3n) is 1.61. The van der Waals surface area contributed by atoms with Gasteiger partial charge in [-0.15, -0.1) is 5.10 Å². The topological polar surface area (TPSA) is 76.9 Å². The van der Waals surface area contributed by atoms with Crippen molar-refractivity contribution in [2.75, 3.05) is 7.05 Å². The van der Waals surface area contributed by atoms with Gasteiger partial charge in [0.25, 0.3) is 5.78 Å². The number of halogens is 3. The van der Waals surface area contributed by atoms with Gasteiger partial charge in [0.2, 0.25) is 5.91 Å². The molecule has 1 N–H and O–H groups in total. The Balaban J connectivity index is 2.80. The second kappa shape index (κ2) is 4.29.